The maximum atomic E-state index is 5.24. The van der Waals surface area contributed by atoms with E-state index < -0.39 is 0 Å². The molecule has 0 bridgehead atoms. The van der Waals surface area contributed by atoms with Gasteiger partial charge in [0.1, 0.15) is 5.75 Å². The summed E-state index contributed by atoms with van der Waals surface area (Å²) in [5.41, 5.74) is 4.00. The molecule has 0 saturated carbocycles. The van der Waals surface area contributed by atoms with Gasteiger partial charge in [0.2, 0.25) is 0 Å². The van der Waals surface area contributed by atoms with Gasteiger partial charge in [-0.1, -0.05) is 19.8 Å². The fourth-order valence-corrected chi connectivity index (χ4v) is 1.53. The van der Waals surface area contributed by atoms with Gasteiger partial charge in [0.05, 0.1) is 0 Å². The van der Waals surface area contributed by atoms with E-state index in [0.717, 1.165) is 23.7 Å². The second-order valence-corrected chi connectivity index (χ2v) is 4.41. The molecule has 5 heteroatoms. The quantitative estimate of drug-likeness (QED) is 0.300. The molecule has 0 fully saturated rings. The first-order valence-electron chi connectivity index (χ1n) is 6.16. The molecule has 1 N–H and O–H groups in total. The smallest absolute Gasteiger partial charge is 0.587 e. The van der Waals surface area contributed by atoms with E-state index in [1.54, 1.807) is 0 Å². The molecule has 0 spiro atoms. The summed E-state index contributed by atoms with van der Waals surface area (Å²) in [5.74, 6) is 0.758. The third kappa shape index (κ3) is 9.80. The number of unbranched alkanes of at least 4 members (excludes halogenated alkanes) is 2. The number of nitrogens with zero attached hydrogens (tertiary/aromatic N) is 1. The SMILES string of the molecule is CCCCCNCC[N-]Oc1ccc(S)cc1.[K+]. The molecule has 0 heterocycles. The van der Waals surface area contributed by atoms with E-state index in [4.69, 9.17) is 4.84 Å². The Balaban J connectivity index is 0.00000289. The van der Waals surface area contributed by atoms with Gasteiger partial charge in [-0.3, -0.25) is 0 Å². The molecule has 0 aromatic heterocycles. The van der Waals surface area contributed by atoms with E-state index in [1.807, 2.05) is 24.3 Å². The summed E-state index contributed by atoms with van der Waals surface area (Å²) in [7, 11) is 0. The Morgan fingerprint density at radius 3 is 2.56 bits per heavy atom. The molecule has 3 nitrogen and oxygen atoms in total. The maximum Gasteiger partial charge on any atom is 1.00 e. The Labute approximate surface area is 158 Å². The van der Waals surface area contributed by atoms with Crippen LogP contribution in [0.5, 0.6) is 5.75 Å². The first kappa shape index (κ1) is 18.9. The maximum absolute atomic E-state index is 5.24. The van der Waals surface area contributed by atoms with E-state index in [-0.39, 0.29) is 51.4 Å². The molecule has 18 heavy (non-hydrogen) atoms. The molecule has 1 aromatic rings. The van der Waals surface area contributed by atoms with E-state index >= 15 is 0 Å². The van der Waals surface area contributed by atoms with Gasteiger partial charge in [-0.2, -0.15) is 0 Å². The molecule has 0 saturated heterocycles. The van der Waals surface area contributed by atoms with Crippen molar-refractivity contribution in [3.05, 3.63) is 29.7 Å². The van der Waals surface area contributed by atoms with Crippen LogP contribution in [-0.2, 0) is 0 Å². The first-order chi connectivity index (χ1) is 8.33. The summed E-state index contributed by atoms with van der Waals surface area (Å²) in [6.07, 6.45) is 3.79. The van der Waals surface area contributed by atoms with Crippen molar-refractivity contribution in [1.82, 2.24) is 5.32 Å². The third-order valence-corrected chi connectivity index (χ3v) is 2.64. The molecular formula is C13H21KN2OS. The molecule has 0 atom stereocenters. The van der Waals surface area contributed by atoms with Crippen molar-refractivity contribution in [3.8, 4) is 5.75 Å². The van der Waals surface area contributed by atoms with E-state index in [0.29, 0.717) is 6.54 Å². The molecule has 96 valence electrons. The average molecular weight is 292 g/mol. The number of rotatable bonds is 9. The average Bonchev–Trinajstić information content (AvgIpc) is 2.35. The molecule has 0 unspecified atom stereocenters. The minimum Gasteiger partial charge on any atom is -0.587 e. The predicted octanol–water partition coefficient (Wildman–Crippen LogP) is 0.427. The van der Waals surface area contributed by atoms with Gasteiger partial charge in [0.15, 0.2) is 0 Å². The van der Waals surface area contributed by atoms with E-state index in [1.165, 1.54) is 19.3 Å². The van der Waals surface area contributed by atoms with Gasteiger partial charge >= 0.3 is 51.4 Å². The van der Waals surface area contributed by atoms with Crippen LogP contribution in [0.15, 0.2) is 29.2 Å². The Morgan fingerprint density at radius 1 is 1.17 bits per heavy atom. The predicted molar refractivity (Wildman–Crippen MR) is 74.9 cm³/mol. The summed E-state index contributed by atoms with van der Waals surface area (Å²) < 4.78 is 0. The molecule has 1 rings (SSSR count). The van der Waals surface area contributed by atoms with Crippen LogP contribution in [0.2, 0.25) is 0 Å². The van der Waals surface area contributed by atoms with Crippen molar-refractivity contribution in [2.45, 2.75) is 31.1 Å². The zero-order valence-electron chi connectivity index (χ0n) is 11.4. The third-order valence-electron chi connectivity index (χ3n) is 2.34. The zero-order chi connectivity index (χ0) is 12.3. The van der Waals surface area contributed by atoms with Gasteiger partial charge in [-0.15, -0.1) is 19.2 Å². The molecule has 0 aliphatic rings. The normalized spacial score (nSPS) is 9.89. The van der Waals surface area contributed by atoms with Gasteiger partial charge in [0, 0.05) is 4.90 Å². The van der Waals surface area contributed by atoms with E-state index in [2.05, 4.69) is 30.3 Å². The van der Waals surface area contributed by atoms with Crippen LogP contribution in [0.3, 0.4) is 0 Å². The number of hydrogen-bond acceptors (Lipinski definition) is 3. The zero-order valence-corrected chi connectivity index (χ0v) is 15.4. The van der Waals surface area contributed by atoms with Crippen LogP contribution in [0.1, 0.15) is 26.2 Å². The van der Waals surface area contributed by atoms with Gasteiger partial charge < -0.3 is 15.6 Å². The minimum absolute atomic E-state index is 0. The van der Waals surface area contributed by atoms with Crippen LogP contribution in [0.25, 0.3) is 5.48 Å². The standard InChI is InChI=1S/C13H21N2OS.K/c1-2-3-4-9-14-10-11-15-16-12-5-7-13(17)8-6-12;/h5-8,14,17H,2-4,9-11H2,1H3;/q-1;+1. The Kier molecular flexibility index (Phi) is 13.6. The molecule has 0 radical (unpaired) electrons. The molecule has 1 aromatic carbocycles. The first-order valence-corrected chi connectivity index (χ1v) is 6.61. The Bertz CT molecular complexity index is 296. The second-order valence-electron chi connectivity index (χ2n) is 3.90. The minimum atomic E-state index is 0. The molecule has 0 amide bonds. The van der Waals surface area contributed by atoms with Crippen molar-refractivity contribution in [3.63, 3.8) is 0 Å². The summed E-state index contributed by atoms with van der Waals surface area (Å²) in [6, 6.07) is 7.49. The molecule has 0 aliphatic carbocycles. The Morgan fingerprint density at radius 2 is 1.89 bits per heavy atom. The van der Waals surface area contributed by atoms with Gasteiger partial charge in [-0.05, 0) is 43.8 Å². The Hall–Kier alpha value is 0.926. The number of thiol groups is 1. The largest absolute Gasteiger partial charge is 1.00 e. The second kappa shape index (κ2) is 12.9. The van der Waals surface area contributed by atoms with Crippen LogP contribution < -0.4 is 61.5 Å². The van der Waals surface area contributed by atoms with Crippen molar-refractivity contribution >= 4 is 12.6 Å². The van der Waals surface area contributed by atoms with Crippen LogP contribution in [-0.4, -0.2) is 19.6 Å². The van der Waals surface area contributed by atoms with Gasteiger partial charge in [0.25, 0.3) is 0 Å². The fraction of sp³-hybridized carbons (Fsp3) is 0.538. The number of nitrogens with one attached hydrogen (secondary N) is 1. The summed E-state index contributed by atoms with van der Waals surface area (Å²) in [4.78, 5) is 6.17. The number of hydroxylamine groups is 1. The monoisotopic (exact) mass is 292 g/mol. The van der Waals surface area contributed by atoms with Crippen molar-refractivity contribution < 1.29 is 56.2 Å². The molecule has 0 aliphatic heterocycles. The van der Waals surface area contributed by atoms with E-state index in [9.17, 15) is 0 Å². The molecular weight excluding hydrogens is 271 g/mol. The topological polar surface area (TPSA) is 35.4 Å². The fourth-order valence-electron chi connectivity index (χ4n) is 1.38. The van der Waals surface area contributed by atoms with Crippen LogP contribution in [0.4, 0.5) is 0 Å². The van der Waals surface area contributed by atoms with Crippen molar-refractivity contribution in [2.75, 3.05) is 19.6 Å². The summed E-state index contributed by atoms with van der Waals surface area (Å²) in [5, 5.41) is 3.33. The number of benzene rings is 1. The van der Waals surface area contributed by atoms with Crippen LogP contribution >= 0.6 is 12.6 Å². The van der Waals surface area contributed by atoms with Gasteiger partial charge in [-0.25, -0.2) is 0 Å². The number of hydrogen-bond donors (Lipinski definition) is 2. The van der Waals surface area contributed by atoms with Crippen LogP contribution in [0, 0.1) is 0 Å². The summed E-state index contributed by atoms with van der Waals surface area (Å²) >= 11 is 4.20. The van der Waals surface area contributed by atoms with Crippen molar-refractivity contribution in [2.24, 2.45) is 0 Å². The van der Waals surface area contributed by atoms with Crippen molar-refractivity contribution in [1.29, 1.82) is 0 Å². The summed E-state index contributed by atoms with van der Waals surface area (Å²) in [6.45, 7) is 4.82.